The Hall–Kier alpha value is -2.37. The van der Waals surface area contributed by atoms with E-state index >= 15 is 0 Å². The number of carbonyl (C=O) groups excluding carboxylic acids is 1. The number of hydrogen-bond acceptors (Lipinski definition) is 5. The van der Waals surface area contributed by atoms with Crippen LogP contribution in [0.1, 0.15) is 0 Å². The van der Waals surface area contributed by atoms with E-state index in [1.54, 1.807) is 18.2 Å². The van der Waals surface area contributed by atoms with E-state index in [1.807, 2.05) is 0 Å². The number of amides is 1. The highest BCUT2D eigenvalue weighted by Gasteiger charge is 2.14. The van der Waals surface area contributed by atoms with Crippen molar-refractivity contribution in [1.29, 1.82) is 0 Å². The highest BCUT2D eigenvalue weighted by Crippen LogP contribution is 2.17. The van der Waals surface area contributed by atoms with Crippen molar-refractivity contribution in [2.24, 2.45) is 0 Å². The van der Waals surface area contributed by atoms with Crippen molar-refractivity contribution >= 4 is 17.3 Å². The standard InChI is InChI=1S/C9H10N2O4/c10-5-3-1-2-4-6(5)11-8(13)7(12)9(14)15/h1-4,12,14-15H,10H2,(H,11,13). The van der Waals surface area contributed by atoms with Crippen LogP contribution in [0.2, 0.25) is 0 Å². The fourth-order valence-electron chi connectivity index (χ4n) is 0.894. The number of nitrogen functional groups attached to an aromatic ring is 1. The molecule has 6 heteroatoms. The SMILES string of the molecule is Nc1ccccc1NC(=O)C(O)=C(O)O. The normalized spacial score (nSPS) is 9.33. The maximum Gasteiger partial charge on any atom is 0.324 e. The fraction of sp³-hybridized carbons (Fsp3) is 0. The first kappa shape index (κ1) is 10.7. The predicted octanol–water partition coefficient (Wildman–Crippen LogP) is 1.05. The minimum atomic E-state index is -1.44. The lowest BCUT2D eigenvalue weighted by atomic mass is 10.2. The summed E-state index contributed by atoms with van der Waals surface area (Å²) in [6.07, 6.45) is 0. The summed E-state index contributed by atoms with van der Waals surface area (Å²) in [4.78, 5) is 11.1. The van der Waals surface area contributed by atoms with Crippen molar-refractivity contribution in [2.75, 3.05) is 11.1 Å². The number of hydrogen-bond donors (Lipinski definition) is 5. The van der Waals surface area contributed by atoms with Gasteiger partial charge in [-0.15, -0.1) is 0 Å². The van der Waals surface area contributed by atoms with Gasteiger partial charge in [0, 0.05) is 0 Å². The summed E-state index contributed by atoms with van der Waals surface area (Å²) >= 11 is 0. The van der Waals surface area contributed by atoms with Crippen LogP contribution in [0.5, 0.6) is 0 Å². The van der Waals surface area contributed by atoms with Crippen LogP contribution in [0.4, 0.5) is 11.4 Å². The Kier molecular flexibility index (Phi) is 3.02. The molecule has 15 heavy (non-hydrogen) atoms. The van der Waals surface area contributed by atoms with Gasteiger partial charge in [0.2, 0.25) is 0 Å². The van der Waals surface area contributed by atoms with E-state index in [-0.39, 0.29) is 5.69 Å². The van der Waals surface area contributed by atoms with Crippen LogP contribution in [0.3, 0.4) is 0 Å². The quantitative estimate of drug-likeness (QED) is 0.284. The van der Waals surface area contributed by atoms with Crippen molar-refractivity contribution in [2.45, 2.75) is 0 Å². The number of nitrogens with two attached hydrogens (primary N) is 1. The van der Waals surface area contributed by atoms with E-state index < -0.39 is 17.6 Å². The van der Waals surface area contributed by atoms with Crippen molar-refractivity contribution in [1.82, 2.24) is 0 Å². The van der Waals surface area contributed by atoms with Crippen molar-refractivity contribution in [3.8, 4) is 0 Å². The van der Waals surface area contributed by atoms with Gasteiger partial charge >= 0.3 is 5.95 Å². The molecule has 6 N–H and O–H groups in total. The Morgan fingerprint density at radius 1 is 1.20 bits per heavy atom. The number of para-hydroxylation sites is 2. The van der Waals surface area contributed by atoms with Gasteiger partial charge in [0.25, 0.3) is 11.7 Å². The lowest BCUT2D eigenvalue weighted by molar-refractivity contribution is -0.115. The molecule has 0 aliphatic carbocycles. The summed E-state index contributed by atoms with van der Waals surface area (Å²) in [6.45, 7) is 0. The van der Waals surface area contributed by atoms with Gasteiger partial charge in [0.1, 0.15) is 0 Å². The first-order chi connectivity index (χ1) is 7.02. The topological polar surface area (TPSA) is 116 Å². The summed E-state index contributed by atoms with van der Waals surface area (Å²) in [7, 11) is 0. The highest BCUT2D eigenvalue weighted by molar-refractivity contribution is 6.03. The fourth-order valence-corrected chi connectivity index (χ4v) is 0.894. The molecule has 6 nitrogen and oxygen atoms in total. The minimum Gasteiger partial charge on any atom is -0.498 e. The molecule has 0 atom stereocenters. The molecule has 1 aromatic rings. The van der Waals surface area contributed by atoms with Crippen molar-refractivity contribution in [3.63, 3.8) is 0 Å². The molecular formula is C9H10N2O4. The zero-order valence-corrected chi connectivity index (χ0v) is 7.64. The number of rotatable bonds is 2. The zero-order chi connectivity index (χ0) is 11.4. The molecule has 1 rings (SSSR count). The second-order valence-corrected chi connectivity index (χ2v) is 2.71. The number of carbonyl (C=O) groups is 1. The van der Waals surface area contributed by atoms with Crippen LogP contribution in [-0.4, -0.2) is 21.2 Å². The molecule has 80 valence electrons. The zero-order valence-electron chi connectivity index (χ0n) is 7.64. The van der Waals surface area contributed by atoms with Crippen LogP contribution in [0.15, 0.2) is 36.0 Å². The van der Waals surface area contributed by atoms with Crippen LogP contribution in [0.25, 0.3) is 0 Å². The number of nitrogens with one attached hydrogen (secondary N) is 1. The predicted molar refractivity (Wildman–Crippen MR) is 54.4 cm³/mol. The van der Waals surface area contributed by atoms with E-state index in [1.165, 1.54) is 6.07 Å². The molecule has 0 fully saturated rings. The van der Waals surface area contributed by atoms with E-state index in [0.717, 1.165) is 0 Å². The monoisotopic (exact) mass is 210 g/mol. The van der Waals surface area contributed by atoms with Crippen molar-refractivity contribution < 1.29 is 20.1 Å². The van der Waals surface area contributed by atoms with Crippen LogP contribution in [-0.2, 0) is 4.79 Å². The van der Waals surface area contributed by atoms with Gasteiger partial charge in [-0.05, 0) is 12.1 Å². The summed E-state index contributed by atoms with van der Waals surface area (Å²) in [5.74, 6) is -3.66. The third-order valence-electron chi connectivity index (χ3n) is 1.64. The molecule has 0 spiro atoms. The van der Waals surface area contributed by atoms with Crippen LogP contribution >= 0.6 is 0 Å². The molecule has 0 saturated carbocycles. The molecule has 0 aliphatic rings. The Morgan fingerprint density at radius 2 is 1.80 bits per heavy atom. The number of aliphatic hydroxyl groups is 3. The van der Waals surface area contributed by atoms with E-state index in [2.05, 4.69) is 5.32 Å². The largest absolute Gasteiger partial charge is 0.498 e. The average Bonchev–Trinajstić information content (AvgIpc) is 2.20. The number of aliphatic hydroxyl groups excluding tert-OH is 2. The van der Waals surface area contributed by atoms with Crippen molar-refractivity contribution in [3.05, 3.63) is 36.0 Å². The lowest BCUT2D eigenvalue weighted by Gasteiger charge is -2.06. The first-order valence-electron chi connectivity index (χ1n) is 3.99. The van der Waals surface area contributed by atoms with Crippen LogP contribution < -0.4 is 11.1 Å². The van der Waals surface area contributed by atoms with Gasteiger partial charge < -0.3 is 26.4 Å². The van der Waals surface area contributed by atoms with Gasteiger partial charge in [-0.3, -0.25) is 4.79 Å². The van der Waals surface area contributed by atoms with Gasteiger partial charge in [-0.25, -0.2) is 0 Å². The molecule has 0 bridgehead atoms. The third kappa shape index (κ3) is 2.53. The van der Waals surface area contributed by atoms with Gasteiger partial charge in [-0.1, -0.05) is 12.1 Å². The molecule has 0 saturated heterocycles. The Labute approximate surface area is 85.3 Å². The molecular weight excluding hydrogens is 200 g/mol. The second kappa shape index (κ2) is 4.23. The molecule has 0 unspecified atom stereocenters. The average molecular weight is 210 g/mol. The van der Waals surface area contributed by atoms with Gasteiger partial charge in [0.15, 0.2) is 0 Å². The molecule has 0 aromatic heterocycles. The Bertz CT molecular complexity index is 410. The summed E-state index contributed by atoms with van der Waals surface area (Å²) in [5.41, 5.74) is 6.08. The van der Waals surface area contributed by atoms with E-state index in [0.29, 0.717) is 5.69 Å². The van der Waals surface area contributed by atoms with Gasteiger partial charge in [-0.2, -0.15) is 0 Å². The summed E-state index contributed by atoms with van der Waals surface area (Å²) < 4.78 is 0. The molecule has 1 amide bonds. The lowest BCUT2D eigenvalue weighted by Crippen LogP contribution is -2.16. The first-order valence-corrected chi connectivity index (χ1v) is 3.99. The number of benzene rings is 1. The van der Waals surface area contributed by atoms with E-state index in [9.17, 15) is 4.79 Å². The molecule has 1 aromatic carbocycles. The van der Waals surface area contributed by atoms with E-state index in [4.69, 9.17) is 21.1 Å². The Balaban J connectivity index is 2.85. The summed E-state index contributed by atoms with van der Waals surface area (Å²) in [6, 6.07) is 6.36. The smallest absolute Gasteiger partial charge is 0.324 e. The highest BCUT2D eigenvalue weighted by atomic mass is 16.5. The number of anilines is 2. The van der Waals surface area contributed by atoms with Gasteiger partial charge in [0.05, 0.1) is 11.4 Å². The maximum absolute atomic E-state index is 11.1. The molecule has 0 aliphatic heterocycles. The summed E-state index contributed by atoms with van der Waals surface area (Å²) in [5, 5.41) is 27.9. The third-order valence-corrected chi connectivity index (χ3v) is 1.64. The molecule has 0 radical (unpaired) electrons. The molecule has 0 heterocycles. The van der Waals surface area contributed by atoms with Crippen LogP contribution in [0, 0.1) is 0 Å². The Morgan fingerprint density at radius 3 is 2.33 bits per heavy atom. The second-order valence-electron chi connectivity index (χ2n) is 2.71. The minimum absolute atomic E-state index is 0.273. The maximum atomic E-state index is 11.1.